The topological polar surface area (TPSA) is 42.3 Å². The van der Waals surface area contributed by atoms with Crippen LogP contribution in [-0.4, -0.2) is 39.3 Å². The minimum Gasteiger partial charge on any atom is -0.662 e. The molecule has 0 amide bonds. The van der Waals surface area contributed by atoms with Gasteiger partial charge in [0.25, 0.3) is 0 Å². The summed E-state index contributed by atoms with van der Waals surface area (Å²) >= 11 is 0. The first-order valence-electron chi connectivity index (χ1n) is 13.9. The van der Waals surface area contributed by atoms with E-state index >= 15 is 0 Å². The van der Waals surface area contributed by atoms with Crippen LogP contribution in [0.25, 0.3) is 16.0 Å². The Morgan fingerprint density at radius 3 is 0.909 bits per heavy atom. The summed E-state index contributed by atoms with van der Waals surface area (Å²) in [6.45, 7) is 19.7. The van der Waals surface area contributed by atoms with Gasteiger partial charge in [-0.25, -0.2) is 12.2 Å². The first kappa shape index (κ1) is 40.3. The van der Waals surface area contributed by atoms with Gasteiger partial charge in [-0.2, -0.15) is 6.08 Å². The molecule has 0 saturated carbocycles. The second-order valence-corrected chi connectivity index (χ2v) is 8.14. The summed E-state index contributed by atoms with van der Waals surface area (Å²) in [5.74, 6) is 0. The third kappa shape index (κ3) is 54.5. The third-order valence-electron chi connectivity index (χ3n) is 4.60. The molecule has 0 N–H and O–H groups in total. The maximum Gasteiger partial charge on any atom is 4.00 e. The average molecular weight is 498 g/mol. The van der Waals surface area contributed by atoms with Crippen molar-refractivity contribution >= 4 is 0 Å². The van der Waals surface area contributed by atoms with Crippen molar-refractivity contribution in [1.29, 1.82) is 0 Å². The van der Waals surface area contributed by atoms with Crippen LogP contribution in [-0.2, 0) is 21.7 Å². The van der Waals surface area contributed by atoms with Crippen molar-refractivity contribution in [3.8, 4) is 0 Å². The molecule has 4 heteroatoms. The molecule has 0 aromatic rings. The molecule has 33 heavy (non-hydrogen) atoms. The normalized spacial score (nSPS) is 10.8. The van der Waals surface area contributed by atoms with E-state index in [1.807, 2.05) is 12.2 Å². The van der Waals surface area contributed by atoms with Crippen molar-refractivity contribution in [2.45, 2.75) is 125 Å². The fourth-order valence-electron chi connectivity index (χ4n) is 2.30. The number of hydrogen-bond donors (Lipinski definition) is 0. The van der Waals surface area contributed by atoms with Gasteiger partial charge in [-0.15, -0.1) is 45.7 Å². The second kappa shape index (κ2) is 45.6. The van der Waals surface area contributed by atoms with Crippen molar-refractivity contribution in [1.82, 2.24) is 0 Å². The molecular weight excluding hydrogens is 438 g/mol. The van der Waals surface area contributed by atoms with Gasteiger partial charge in [-0.05, 0) is 0 Å². The first-order valence-corrected chi connectivity index (χ1v) is 13.9. The molecule has 3 nitrogen and oxygen atoms in total. The largest absolute Gasteiger partial charge is 4.00 e. The van der Waals surface area contributed by atoms with Crippen LogP contribution in [0.1, 0.15) is 125 Å². The summed E-state index contributed by atoms with van der Waals surface area (Å²) < 4.78 is 0. The maximum atomic E-state index is 4.35. The monoisotopic (exact) mass is 497 g/mol. The van der Waals surface area contributed by atoms with Gasteiger partial charge in [0.15, 0.2) is 0 Å². The van der Waals surface area contributed by atoms with E-state index < -0.39 is 0 Å². The molecule has 0 spiro atoms. The molecule has 0 bridgehead atoms. The van der Waals surface area contributed by atoms with Crippen LogP contribution < -0.4 is 0 Å². The van der Waals surface area contributed by atoms with E-state index in [4.69, 9.17) is 0 Å². The van der Waals surface area contributed by atoms with Gasteiger partial charge >= 0.3 is 21.7 Å². The Labute approximate surface area is 225 Å². The first-order chi connectivity index (χ1) is 15.7. The van der Waals surface area contributed by atoms with Gasteiger partial charge in [0.05, 0.1) is 0 Å². The Morgan fingerprint density at radius 1 is 0.515 bits per heavy atom. The molecule has 194 valence electrons. The number of hydrogen-bond acceptors (Lipinski definition) is 0. The summed E-state index contributed by atoms with van der Waals surface area (Å²) in [4.78, 5) is 0. The Morgan fingerprint density at radius 2 is 0.788 bits per heavy atom. The molecule has 1 aliphatic rings. The molecule has 1 rings (SSSR count). The van der Waals surface area contributed by atoms with Crippen LogP contribution in [0.4, 0.5) is 0 Å². The van der Waals surface area contributed by atoms with Gasteiger partial charge in [-0.3, -0.25) is 6.08 Å². The summed E-state index contributed by atoms with van der Waals surface area (Å²) in [6, 6.07) is 0. The molecule has 0 saturated heterocycles. The van der Waals surface area contributed by atoms with Crippen molar-refractivity contribution in [2.24, 2.45) is 0 Å². The van der Waals surface area contributed by atoms with E-state index in [9.17, 15) is 0 Å². The second-order valence-electron chi connectivity index (χ2n) is 8.14. The maximum absolute atomic E-state index is 4.35. The fraction of sp³-hybridized carbons (Fsp3) is 0.862. The van der Waals surface area contributed by atoms with Gasteiger partial charge < -0.3 is 16.0 Å². The van der Waals surface area contributed by atoms with Crippen molar-refractivity contribution in [2.75, 3.05) is 39.3 Å². The number of nitrogens with zero attached hydrogens (tertiary/aromatic N) is 3. The summed E-state index contributed by atoms with van der Waals surface area (Å²) in [7, 11) is 0. The molecule has 0 unspecified atom stereocenters. The van der Waals surface area contributed by atoms with Crippen LogP contribution in [0, 0.1) is 6.08 Å². The minimum atomic E-state index is 0. The molecule has 0 atom stereocenters. The van der Waals surface area contributed by atoms with E-state index in [0.717, 1.165) is 45.7 Å². The molecule has 0 aliphatic heterocycles. The van der Waals surface area contributed by atoms with Crippen LogP contribution in [0.15, 0.2) is 18.2 Å². The van der Waals surface area contributed by atoms with E-state index in [0.29, 0.717) is 0 Å². The number of rotatable bonds is 18. The number of allylic oxidation sites excluding steroid dienone is 4. The van der Waals surface area contributed by atoms with Gasteiger partial charge in [0.1, 0.15) is 0 Å². The van der Waals surface area contributed by atoms with Crippen molar-refractivity contribution in [3.05, 3.63) is 40.3 Å². The molecule has 1 aliphatic carbocycles. The van der Waals surface area contributed by atoms with Crippen LogP contribution in [0.2, 0.25) is 0 Å². The van der Waals surface area contributed by atoms with Crippen LogP contribution in [0.5, 0.6) is 0 Å². The SMILES string of the molecule is CCCC[N-]CCCC.CCCC[N-]CCCC.CCCC[N-]CCCC.[C-]1=CC=CC1.[Ti+4]. The predicted octanol–water partition coefficient (Wildman–Crippen LogP) is 10.2. The van der Waals surface area contributed by atoms with E-state index in [1.54, 1.807) is 0 Å². The Kier molecular flexibility index (Phi) is 55.6. The van der Waals surface area contributed by atoms with E-state index in [-0.39, 0.29) is 21.7 Å². The predicted molar refractivity (Wildman–Crippen MR) is 150 cm³/mol. The minimum absolute atomic E-state index is 0. The summed E-state index contributed by atoms with van der Waals surface area (Å²) in [5, 5.41) is 13.1. The molecule has 0 radical (unpaired) electrons. The molecular formula is C29H59N3Ti. The standard InChI is InChI=1S/3C8H18N.C5H5.Ti/c3*1-3-5-7-9-8-6-4-2;1-2-4-5-3-1;/h3*3-8H2,1-2H3;1-3H,4H2;/q4*-1;+4. The number of unbranched alkanes of at least 4 members (excludes halogenated alkanes) is 6. The van der Waals surface area contributed by atoms with Crippen LogP contribution in [0.3, 0.4) is 0 Å². The van der Waals surface area contributed by atoms with Gasteiger partial charge in [-0.1, -0.05) is 119 Å². The zero-order valence-electron chi connectivity index (χ0n) is 23.5. The molecule has 0 aromatic heterocycles. The zero-order valence-corrected chi connectivity index (χ0v) is 25.1. The zero-order chi connectivity index (χ0) is 24.4. The van der Waals surface area contributed by atoms with Crippen molar-refractivity contribution in [3.63, 3.8) is 0 Å². The Hall–Kier alpha value is 0.0743. The molecule has 0 aromatic carbocycles. The van der Waals surface area contributed by atoms with Crippen molar-refractivity contribution < 1.29 is 21.7 Å². The van der Waals surface area contributed by atoms with E-state index in [2.05, 4.69) is 69.6 Å². The molecule has 0 heterocycles. The smallest absolute Gasteiger partial charge is 0.662 e. The quantitative estimate of drug-likeness (QED) is 0.103. The third-order valence-corrected chi connectivity index (χ3v) is 4.60. The Balaban J connectivity index is -0.000000171. The molecule has 0 fully saturated rings. The summed E-state index contributed by atoms with van der Waals surface area (Å²) in [5.41, 5.74) is 0. The fourth-order valence-corrected chi connectivity index (χ4v) is 2.30. The van der Waals surface area contributed by atoms with Crippen LogP contribution >= 0.6 is 0 Å². The van der Waals surface area contributed by atoms with E-state index in [1.165, 1.54) is 77.0 Å². The Bertz CT molecular complexity index is 272. The van der Waals surface area contributed by atoms with Gasteiger partial charge in [0, 0.05) is 0 Å². The van der Waals surface area contributed by atoms with Gasteiger partial charge in [0.2, 0.25) is 0 Å². The average Bonchev–Trinajstić information content (AvgIpc) is 3.40. The summed E-state index contributed by atoms with van der Waals surface area (Å²) in [6.07, 6.45) is 25.2.